The number of para-hydroxylation sites is 1. The van der Waals surface area contributed by atoms with Crippen molar-refractivity contribution in [1.29, 1.82) is 0 Å². The Bertz CT molecular complexity index is 1160. The molecule has 0 saturated heterocycles. The maximum atomic E-state index is 13.8. The first-order valence-corrected chi connectivity index (χ1v) is 9.88. The van der Waals surface area contributed by atoms with Crippen molar-refractivity contribution in [1.82, 2.24) is 14.8 Å². The van der Waals surface area contributed by atoms with Crippen LogP contribution in [0.15, 0.2) is 76.5 Å². The zero-order valence-corrected chi connectivity index (χ0v) is 16.6. The van der Waals surface area contributed by atoms with Crippen molar-refractivity contribution in [3.63, 3.8) is 0 Å². The van der Waals surface area contributed by atoms with E-state index in [1.165, 1.54) is 6.07 Å². The van der Waals surface area contributed by atoms with Gasteiger partial charge in [-0.3, -0.25) is 9.36 Å². The molecule has 0 bridgehead atoms. The van der Waals surface area contributed by atoms with Crippen LogP contribution in [0.5, 0.6) is 0 Å². The molecule has 0 fully saturated rings. The van der Waals surface area contributed by atoms with E-state index in [0.29, 0.717) is 16.7 Å². The average Bonchev–Trinajstić information content (AvgIpc) is 3.40. The summed E-state index contributed by atoms with van der Waals surface area (Å²) in [4.78, 5) is 12.6. The van der Waals surface area contributed by atoms with Crippen LogP contribution >= 0.6 is 11.8 Å². The molecule has 1 atom stereocenters. The van der Waals surface area contributed by atoms with Crippen LogP contribution in [0.4, 0.5) is 14.5 Å². The second-order valence-corrected chi connectivity index (χ2v) is 7.64. The molecule has 0 aliphatic rings. The number of amides is 1. The van der Waals surface area contributed by atoms with Gasteiger partial charge in [0.15, 0.2) is 10.9 Å². The predicted molar refractivity (Wildman–Crippen MR) is 109 cm³/mol. The van der Waals surface area contributed by atoms with Gasteiger partial charge in [-0.1, -0.05) is 30.0 Å². The molecular weight excluding hydrogens is 410 g/mol. The van der Waals surface area contributed by atoms with Crippen LogP contribution in [0.1, 0.15) is 6.92 Å². The Hall–Kier alpha value is -3.46. The number of aromatic nitrogens is 3. The molecule has 0 aliphatic carbocycles. The standard InChI is InChI=1S/C21H16F2N4O2S/c1-13(20(28)24-17-10-9-14(22)12-16(17)23)30-21-26-25-19(18-8-5-11-29-18)27(21)15-6-3-2-4-7-15/h2-13H,1H3,(H,24,28). The lowest BCUT2D eigenvalue weighted by atomic mass is 10.3. The molecule has 1 unspecified atom stereocenters. The summed E-state index contributed by atoms with van der Waals surface area (Å²) in [6.45, 7) is 1.66. The molecule has 2 heterocycles. The summed E-state index contributed by atoms with van der Waals surface area (Å²) in [5.74, 6) is -0.982. The van der Waals surface area contributed by atoms with Crippen LogP contribution in [-0.4, -0.2) is 25.9 Å². The number of rotatable bonds is 6. The number of anilines is 1. The number of carbonyl (C=O) groups excluding carboxylic acids is 1. The Morgan fingerprint density at radius 1 is 1.10 bits per heavy atom. The molecule has 0 aliphatic heterocycles. The second kappa shape index (κ2) is 8.50. The van der Waals surface area contributed by atoms with Crippen LogP contribution in [0.25, 0.3) is 17.3 Å². The van der Waals surface area contributed by atoms with Crippen molar-refractivity contribution in [3.05, 3.63) is 78.6 Å². The van der Waals surface area contributed by atoms with Crippen molar-refractivity contribution in [2.45, 2.75) is 17.3 Å². The minimum absolute atomic E-state index is 0.0883. The zero-order valence-electron chi connectivity index (χ0n) is 15.8. The van der Waals surface area contributed by atoms with Crippen LogP contribution in [0.3, 0.4) is 0 Å². The Labute approximate surface area is 174 Å². The number of furan rings is 1. The van der Waals surface area contributed by atoms with Crippen LogP contribution in [-0.2, 0) is 4.79 Å². The maximum Gasteiger partial charge on any atom is 0.237 e. The summed E-state index contributed by atoms with van der Waals surface area (Å²) in [6, 6.07) is 15.9. The fraction of sp³-hybridized carbons (Fsp3) is 0.0952. The van der Waals surface area contributed by atoms with E-state index in [1.807, 2.05) is 30.3 Å². The molecule has 4 aromatic rings. The molecule has 2 aromatic carbocycles. The van der Waals surface area contributed by atoms with Gasteiger partial charge in [0, 0.05) is 11.8 Å². The van der Waals surface area contributed by atoms with Gasteiger partial charge in [0.1, 0.15) is 11.6 Å². The lowest BCUT2D eigenvalue weighted by Crippen LogP contribution is -2.23. The van der Waals surface area contributed by atoms with E-state index in [2.05, 4.69) is 15.5 Å². The van der Waals surface area contributed by atoms with Crippen LogP contribution < -0.4 is 5.32 Å². The summed E-state index contributed by atoms with van der Waals surface area (Å²) in [6.07, 6.45) is 1.54. The Kier molecular flexibility index (Phi) is 5.62. The lowest BCUT2D eigenvalue weighted by Gasteiger charge is -2.14. The fourth-order valence-electron chi connectivity index (χ4n) is 2.76. The molecule has 6 nitrogen and oxygen atoms in total. The molecule has 0 radical (unpaired) electrons. The van der Waals surface area contributed by atoms with E-state index in [1.54, 1.807) is 29.9 Å². The van der Waals surface area contributed by atoms with Crippen molar-refractivity contribution in [2.75, 3.05) is 5.32 Å². The van der Waals surface area contributed by atoms with Gasteiger partial charge in [-0.05, 0) is 43.3 Å². The van der Waals surface area contributed by atoms with Gasteiger partial charge in [-0.15, -0.1) is 10.2 Å². The molecule has 152 valence electrons. The Morgan fingerprint density at radius 2 is 1.90 bits per heavy atom. The van der Waals surface area contributed by atoms with Gasteiger partial charge >= 0.3 is 0 Å². The van der Waals surface area contributed by atoms with E-state index in [9.17, 15) is 13.6 Å². The minimum Gasteiger partial charge on any atom is -0.461 e. The first-order valence-electron chi connectivity index (χ1n) is 9.00. The molecule has 9 heteroatoms. The number of carbonyl (C=O) groups is 1. The number of nitrogens with one attached hydrogen (secondary N) is 1. The predicted octanol–water partition coefficient (Wildman–Crippen LogP) is 4.92. The van der Waals surface area contributed by atoms with Crippen LogP contribution in [0.2, 0.25) is 0 Å². The molecule has 30 heavy (non-hydrogen) atoms. The maximum absolute atomic E-state index is 13.8. The highest BCUT2D eigenvalue weighted by Crippen LogP contribution is 2.30. The van der Waals surface area contributed by atoms with Gasteiger partial charge in [-0.2, -0.15) is 0 Å². The van der Waals surface area contributed by atoms with E-state index < -0.39 is 22.8 Å². The summed E-state index contributed by atoms with van der Waals surface area (Å²) in [5, 5.41) is 10.7. The molecular formula is C21H16F2N4O2S. The molecule has 2 aromatic heterocycles. The number of benzene rings is 2. The largest absolute Gasteiger partial charge is 0.461 e. The summed E-state index contributed by atoms with van der Waals surface area (Å²) in [5.41, 5.74) is 0.711. The zero-order chi connectivity index (χ0) is 21.1. The number of hydrogen-bond acceptors (Lipinski definition) is 5. The van der Waals surface area contributed by atoms with Crippen molar-refractivity contribution >= 4 is 23.4 Å². The third kappa shape index (κ3) is 4.11. The SMILES string of the molecule is CC(Sc1nnc(-c2ccco2)n1-c1ccccc1)C(=O)Nc1ccc(F)cc1F. The third-order valence-electron chi connectivity index (χ3n) is 4.23. The smallest absolute Gasteiger partial charge is 0.237 e. The van der Waals surface area contributed by atoms with Gasteiger partial charge in [0.25, 0.3) is 0 Å². The topological polar surface area (TPSA) is 73.0 Å². The highest BCUT2D eigenvalue weighted by Gasteiger charge is 2.23. The van der Waals surface area contributed by atoms with Crippen molar-refractivity contribution < 1.29 is 18.0 Å². The molecule has 4 rings (SSSR count). The van der Waals surface area contributed by atoms with E-state index in [0.717, 1.165) is 29.6 Å². The fourth-order valence-corrected chi connectivity index (χ4v) is 3.63. The van der Waals surface area contributed by atoms with E-state index in [4.69, 9.17) is 4.42 Å². The summed E-state index contributed by atoms with van der Waals surface area (Å²) in [7, 11) is 0. The molecule has 0 spiro atoms. The lowest BCUT2D eigenvalue weighted by molar-refractivity contribution is -0.115. The molecule has 1 N–H and O–H groups in total. The third-order valence-corrected chi connectivity index (χ3v) is 5.27. The number of thioether (sulfide) groups is 1. The average molecular weight is 426 g/mol. The minimum atomic E-state index is -0.840. The van der Waals surface area contributed by atoms with Crippen molar-refractivity contribution in [3.8, 4) is 17.3 Å². The first-order chi connectivity index (χ1) is 14.5. The summed E-state index contributed by atoms with van der Waals surface area (Å²) >= 11 is 1.16. The monoisotopic (exact) mass is 426 g/mol. The Balaban J connectivity index is 1.60. The second-order valence-electron chi connectivity index (χ2n) is 6.33. The quantitative estimate of drug-likeness (QED) is 0.443. The van der Waals surface area contributed by atoms with Gasteiger partial charge in [-0.25, -0.2) is 8.78 Å². The number of nitrogens with zero attached hydrogens (tertiary/aromatic N) is 3. The highest BCUT2D eigenvalue weighted by atomic mass is 32.2. The van der Waals surface area contributed by atoms with Crippen molar-refractivity contribution in [2.24, 2.45) is 0 Å². The Morgan fingerprint density at radius 3 is 2.60 bits per heavy atom. The van der Waals surface area contributed by atoms with E-state index in [-0.39, 0.29) is 5.69 Å². The molecule has 1 amide bonds. The number of hydrogen-bond donors (Lipinski definition) is 1. The normalized spacial score (nSPS) is 12.0. The van der Waals surface area contributed by atoms with Crippen LogP contribution in [0, 0.1) is 11.6 Å². The van der Waals surface area contributed by atoms with E-state index >= 15 is 0 Å². The van der Waals surface area contributed by atoms with Gasteiger partial charge in [0.05, 0.1) is 17.2 Å². The number of halogens is 2. The molecule has 0 saturated carbocycles. The van der Waals surface area contributed by atoms with Gasteiger partial charge in [0.2, 0.25) is 11.7 Å². The van der Waals surface area contributed by atoms with Gasteiger partial charge < -0.3 is 9.73 Å². The first kappa shape index (κ1) is 19.8. The highest BCUT2D eigenvalue weighted by molar-refractivity contribution is 8.00. The summed E-state index contributed by atoms with van der Waals surface area (Å²) < 4.78 is 34.2.